The fraction of sp³-hybridized carbons (Fsp3) is 0.333. The number of nitrogen functional groups attached to an aromatic ring is 2. The summed E-state index contributed by atoms with van der Waals surface area (Å²) < 4.78 is 0.389. The van der Waals surface area contributed by atoms with Crippen LogP contribution in [-0.2, 0) is 0 Å². The van der Waals surface area contributed by atoms with Gasteiger partial charge in [-0.25, -0.2) is 9.97 Å². The summed E-state index contributed by atoms with van der Waals surface area (Å²) in [6.07, 6.45) is 4.66. The average molecular weight is 521 g/mol. The van der Waals surface area contributed by atoms with Crippen LogP contribution in [0.1, 0.15) is 33.7 Å². The van der Waals surface area contributed by atoms with E-state index in [9.17, 15) is 9.59 Å². The zero-order valence-corrected chi connectivity index (χ0v) is 18.1. The zero-order valence-electron chi connectivity index (χ0n) is 15.9. The van der Waals surface area contributed by atoms with Crippen molar-refractivity contribution >= 4 is 52.0 Å². The quantitative estimate of drug-likeness (QED) is 0.399. The highest BCUT2D eigenvalue weighted by molar-refractivity contribution is 14.1. The number of pyridine rings is 1. The van der Waals surface area contributed by atoms with E-state index in [2.05, 4.69) is 30.6 Å². The lowest BCUT2D eigenvalue weighted by Crippen LogP contribution is -2.53. The van der Waals surface area contributed by atoms with E-state index in [-0.39, 0.29) is 28.8 Å². The number of piperidine rings is 1. The number of aliphatic imine (C=N–C) groups is 1. The highest BCUT2D eigenvalue weighted by atomic mass is 127. The minimum Gasteiger partial charge on any atom is -0.382 e. The van der Waals surface area contributed by atoms with E-state index in [4.69, 9.17) is 11.5 Å². The van der Waals surface area contributed by atoms with Gasteiger partial charge in [0.15, 0.2) is 23.3 Å². The van der Waals surface area contributed by atoms with Gasteiger partial charge in [-0.15, -0.1) is 0 Å². The molecule has 2 fully saturated rings. The van der Waals surface area contributed by atoms with Crippen LogP contribution < -0.4 is 22.1 Å². The van der Waals surface area contributed by atoms with Gasteiger partial charge in [-0.3, -0.25) is 14.6 Å². The lowest BCUT2D eigenvalue weighted by molar-refractivity contribution is 0.0668. The summed E-state index contributed by atoms with van der Waals surface area (Å²) in [7, 11) is 0. The zero-order chi connectivity index (χ0) is 21.3. The van der Waals surface area contributed by atoms with Gasteiger partial charge in [0.1, 0.15) is 3.70 Å². The van der Waals surface area contributed by atoms with Crippen LogP contribution in [-0.4, -0.2) is 62.8 Å². The monoisotopic (exact) mass is 521 g/mol. The molecule has 30 heavy (non-hydrogen) atoms. The molecule has 0 aliphatic carbocycles. The first kappa shape index (κ1) is 20.3. The lowest BCUT2D eigenvalue weighted by atomic mass is 9.88. The molecule has 156 valence electrons. The number of carbonyl (C=O) groups is 2. The highest BCUT2D eigenvalue weighted by Crippen LogP contribution is 2.25. The number of aromatic nitrogens is 3. The normalized spacial score (nSPS) is 18.8. The second-order valence-corrected chi connectivity index (χ2v) is 8.21. The van der Waals surface area contributed by atoms with Gasteiger partial charge in [0, 0.05) is 32.0 Å². The Hall–Kier alpha value is -3.03. The Kier molecular flexibility index (Phi) is 5.40. The Balaban J connectivity index is 1.40. The van der Waals surface area contributed by atoms with E-state index in [1.165, 1.54) is 0 Å². The smallest absolute Gasteiger partial charge is 0.302 e. The highest BCUT2D eigenvalue weighted by Gasteiger charge is 2.40. The maximum atomic E-state index is 12.6. The average Bonchev–Trinajstić information content (AvgIpc) is 3.13. The molecular formula is C18H20IN9O2. The van der Waals surface area contributed by atoms with E-state index in [1.807, 2.05) is 27.5 Å². The van der Waals surface area contributed by atoms with Crippen LogP contribution >= 0.6 is 22.6 Å². The van der Waals surface area contributed by atoms with Crippen LogP contribution in [0.2, 0.25) is 0 Å². The van der Waals surface area contributed by atoms with E-state index < -0.39 is 5.91 Å². The molecule has 2 aromatic heterocycles. The van der Waals surface area contributed by atoms with E-state index >= 15 is 0 Å². The Bertz CT molecular complexity index is 1020. The molecule has 0 saturated carbocycles. The number of likely N-dealkylation sites (tertiary alicyclic amines) is 1. The Morgan fingerprint density at radius 1 is 1.20 bits per heavy atom. The first-order valence-electron chi connectivity index (χ1n) is 9.30. The molecule has 2 amide bonds. The summed E-state index contributed by atoms with van der Waals surface area (Å²) in [5.41, 5.74) is 11.7. The third-order valence-electron chi connectivity index (χ3n) is 5.21. The molecule has 1 spiro atoms. The van der Waals surface area contributed by atoms with Crippen molar-refractivity contribution in [2.75, 3.05) is 31.1 Å². The maximum Gasteiger partial charge on any atom is 0.302 e. The minimum atomic E-state index is -0.603. The first-order valence-corrected chi connectivity index (χ1v) is 10.4. The van der Waals surface area contributed by atoms with Crippen molar-refractivity contribution in [1.29, 1.82) is 0 Å². The molecule has 2 aliphatic rings. The fourth-order valence-corrected chi connectivity index (χ4v) is 3.89. The summed E-state index contributed by atoms with van der Waals surface area (Å²) in [5.74, 6) is -0.160. The second kappa shape index (κ2) is 8.01. The number of hydrogen-bond acceptors (Lipinski definition) is 7. The van der Waals surface area contributed by atoms with E-state index in [0.29, 0.717) is 34.9 Å². The van der Waals surface area contributed by atoms with Crippen LogP contribution in [0.3, 0.4) is 0 Å². The van der Waals surface area contributed by atoms with Gasteiger partial charge in [-0.05, 0) is 47.6 Å². The van der Waals surface area contributed by atoms with E-state index in [0.717, 1.165) is 12.8 Å². The van der Waals surface area contributed by atoms with Crippen molar-refractivity contribution in [1.82, 2.24) is 30.5 Å². The van der Waals surface area contributed by atoms with Gasteiger partial charge in [0.25, 0.3) is 5.91 Å². The predicted octanol–water partition coefficient (Wildman–Crippen LogP) is 0.00460. The molecule has 2 aliphatic heterocycles. The number of nitrogens with zero attached hydrogens (tertiary/aromatic N) is 5. The lowest BCUT2D eigenvalue weighted by Gasteiger charge is -2.38. The number of hydrogen-bond donors (Lipinski definition) is 4. The third-order valence-corrected chi connectivity index (χ3v) is 6.01. The molecule has 2 saturated heterocycles. The molecule has 12 heteroatoms. The number of rotatable bonds is 2. The number of anilines is 2. The molecule has 0 bridgehead atoms. The third kappa shape index (κ3) is 3.99. The van der Waals surface area contributed by atoms with Crippen LogP contribution in [0.15, 0.2) is 29.5 Å². The van der Waals surface area contributed by atoms with Crippen molar-refractivity contribution < 1.29 is 9.59 Å². The van der Waals surface area contributed by atoms with Gasteiger partial charge < -0.3 is 27.0 Å². The van der Waals surface area contributed by atoms with Gasteiger partial charge in [0.05, 0.1) is 11.1 Å². The summed E-state index contributed by atoms with van der Waals surface area (Å²) in [6.45, 7) is 1.80. The van der Waals surface area contributed by atoms with Gasteiger partial charge in [-0.1, -0.05) is 0 Å². The molecule has 0 unspecified atom stereocenters. The minimum absolute atomic E-state index is 0.0278. The van der Waals surface area contributed by atoms with E-state index in [1.54, 1.807) is 24.5 Å². The summed E-state index contributed by atoms with van der Waals surface area (Å²) in [6, 6.07) is 3.51. The summed E-state index contributed by atoms with van der Waals surface area (Å²) in [5, 5.41) is 6.43. The predicted molar refractivity (Wildman–Crippen MR) is 119 cm³/mol. The summed E-state index contributed by atoms with van der Waals surface area (Å²) in [4.78, 5) is 43.0. The molecule has 2 aromatic rings. The first-order chi connectivity index (χ1) is 14.4. The molecular weight excluding hydrogens is 501 g/mol. The van der Waals surface area contributed by atoms with Crippen molar-refractivity contribution in [2.24, 2.45) is 4.99 Å². The van der Waals surface area contributed by atoms with Crippen molar-refractivity contribution in [3.8, 4) is 0 Å². The van der Waals surface area contributed by atoms with Crippen molar-refractivity contribution in [3.63, 3.8) is 0 Å². The molecule has 6 N–H and O–H groups in total. The van der Waals surface area contributed by atoms with Crippen LogP contribution in [0.25, 0.3) is 0 Å². The molecule has 0 atom stereocenters. The topological polar surface area (TPSA) is 165 Å². The SMILES string of the molecule is Nc1nc(N)c(C(=O)/N=C2\NCC3(CCN(C(=O)c4cccnc4)CC3)N2)nc1I. The van der Waals surface area contributed by atoms with Crippen LogP contribution in [0.5, 0.6) is 0 Å². The number of nitrogens with two attached hydrogens (primary N) is 2. The van der Waals surface area contributed by atoms with Gasteiger partial charge >= 0.3 is 5.91 Å². The van der Waals surface area contributed by atoms with Gasteiger partial charge in [-0.2, -0.15) is 4.99 Å². The number of carbonyl (C=O) groups excluding carboxylic acids is 2. The number of amides is 2. The number of halogens is 1. The maximum absolute atomic E-state index is 12.6. The van der Waals surface area contributed by atoms with Crippen LogP contribution in [0, 0.1) is 3.70 Å². The standard InChI is InChI=1S/C18H20IN9O2/c19-12-14(21)25-13(20)11(24-12)15(29)26-17-23-9-18(27-17)3-6-28(7-4-18)16(30)10-2-1-5-22-8-10/h1-2,5,8H,3-4,6-7,9H2,(H4,20,21,25)(H2,23,26,27,29). The van der Waals surface area contributed by atoms with Crippen molar-refractivity contribution in [3.05, 3.63) is 39.5 Å². The molecule has 0 aromatic carbocycles. The Labute approximate surface area is 185 Å². The molecule has 11 nitrogen and oxygen atoms in total. The largest absolute Gasteiger partial charge is 0.382 e. The molecule has 0 radical (unpaired) electrons. The Morgan fingerprint density at radius 2 is 1.97 bits per heavy atom. The Morgan fingerprint density at radius 3 is 2.67 bits per heavy atom. The van der Waals surface area contributed by atoms with Gasteiger partial charge in [0.2, 0.25) is 0 Å². The second-order valence-electron chi connectivity index (χ2n) is 7.19. The molecule has 4 heterocycles. The van der Waals surface area contributed by atoms with Crippen molar-refractivity contribution in [2.45, 2.75) is 18.4 Å². The number of guanidine groups is 1. The molecule has 4 rings (SSSR count). The number of nitrogens with one attached hydrogen (secondary N) is 2. The fourth-order valence-electron chi connectivity index (χ4n) is 3.52. The van der Waals surface area contributed by atoms with Crippen LogP contribution in [0.4, 0.5) is 11.6 Å². The summed E-state index contributed by atoms with van der Waals surface area (Å²) >= 11 is 1.88.